The second-order valence-corrected chi connectivity index (χ2v) is 5.56. The number of nitrogens with one attached hydrogen (secondary N) is 2. The molecule has 96 valence electrons. The molecule has 0 aromatic carbocycles. The maximum Gasteiger partial charge on any atom is 0.224 e. The van der Waals surface area contributed by atoms with E-state index in [0.717, 1.165) is 31.0 Å². The number of hydrogen-bond acceptors (Lipinski definition) is 4. The first-order valence-corrected chi connectivity index (χ1v) is 6.24. The first-order chi connectivity index (χ1) is 7.90. The molecule has 0 atom stereocenters. The molecule has 1 aromatic rings. The van der Waals surface area contributed by atoms with Crippen LogP contribution < -0.4 is 10.6 Å². The lowest BCUT2D eigenvalue weighted by molar-refractivity contribution is 0.442. The summed E-state index contributed by atoms with van der Waals surface area (Å²) in [5.74, 6) is 1.61. The van der Waals surface area contributed by atoms with E-state index in [-0.39, 0.29) is 5.41 Å². The summed E-state index contributed by atoms with van der Waals surface area (Å²) >= 11 is 0. The van der Waals surface area contributed by atoms with E-state index in [0.29, 0.717) is 5.95 Å². The van der Waals surface area contributed by atoms with Gasteiger partial charge in [-0.05, 0) is 18.8 Å². The maximum absolute atomic E-state index is 4.44. The van der Waals surface area contributed by atoms with Crippen molar-refractivity contribution < 1.29 is 0 Å². The predicted octanol–water partition coefficient (Wildman–Crippen LogP) is 3.06. The Morgan fingerprint density at radius 2 is 1.88 bits per heavy atom. The second-order valence-electron chi connectivity index (χ2n) is 5.56. The second kappa shape index (κ2) is 5.84. The third kappa shape index (κ3) is 5.52. The van der Waals surface area contributed by atoms with Crippen LogP contribution in [-0.4, -0.2) is 23.1 Å². The van der Waals surface area contributed by atoms with Crippen molar-refractivity contribution in [2.45, 2.75) is 41.0 Å². The van der Waals surface area contributed by atoms with Gasteiger partial charge < -0.3 is 10.6 Å². The lowest BCUT2D eigenvalue weighted by atomic mass is 9.97. The Balaban J connectivity index is 2.68. The number of nitrogens with zero attached hydrogens (tertiary/aromatic N) is 2. The first kappa shape index (κ1) is 13.7. The molecule has 0 radical (unpaired) electrons. The zero-order valence-electron chi connectivity index (χ0n) is 11.6. The molecule has 0 amide bonds. The van der Waals surface area contributed by atoms with Crippen molar-refractivity contribution in [2.75, 3.05) is 23.7 Å². The Bertz CT molecular complexity index is 355. The van der Waals surface area contributed by atoms with Gasteiger partial charge in [0.1, 0.15) is 5.82 Å². The van der Waals surface area contributed by atoms with E-state index in [2.05, 4.69) is 48.3 Å². The summed E-state index contributed by atoms with van der Waals surface area (Å²) in [7, 11) is 0. The molecule has 0 fully saturated rings. The Labute approximate surface area is 104 Å². The Hall–Kier alpha value is -1.32. The molecular weight excluding hydrogens is 212 g/mol. The minimum absolute atomic E-state index is 0.246. The quantitative estimate of drug-likeness (QED) is 0.825. The van der Waals surface area contributed by atoms with E-state index in [1.165, 1.54) is 0 Å². The summed E-state index contributed by atoms with van der Waals surface area (Å²) in [6.45, 7) is 12.5. The van der Waals surface area contributed by atoms with Gasteiger partial charge in [-0.2, -0.15) is 4.98 Å². The molecule has 2 N–H and O–H groups in total. The van der Waals surface area contributed by atoms with Crippen LogP contribution in [0.5, 0.6) is 0 Å². The van der Waals surface area contributed by atoms with Gasteiger partial charge in [0.05, 0.1) is 0 Å². The van der Waals surface area contributed by atoms with Crippen LogP contribution in [-0.2, 0) is 0 Å². The standard InChI is InChI=1S/C13H24N4/c1-6-7-14-12-16-10(2)8-11(17-12)15-9-13(3,4)5/h8H,6-7,9H2,1-5H3,(H2,14,15,16,17). The predicted molar refractivity (Wildman–Crippen MR) is 73.5 cm³/mol. The fourth-order valence-corrected chi connectivity index (χ4v) is 1.33. The van der Waals surface area contributed by atoms with Crippen LogP contribution in [0, 0.1) is 12.3 Å². The van der Waals surface area contributed by atoms with E-state index >= 15 is 0 Å². The average Bonchev–Trinajstić information content (AvgIpc) is 2.22. The molecule has 17 heavy (non-hydrogen) atoms. The van der Waals surface area contributed by atoms with Gasteiger partial charge in [-0.15, -0.1) is 0 Å². The summed E-state index contributed by atoms with van der Waals surface area (Å²) in [5.41, 5.74) is 1.23. The summed E-state index contributed by atoms with van der Waals surface area (Å²) < 4.78 is 0. The lowest BCUT2D eigenvalue weighted by Crippen LogP contribution is -2.20. The van der Waals surface area contributed by atoms with E-state index < -0.39 is 0 Å². The number of hydrogen-bond donors (Lipinski definition) is 2. The SMILES string of the molecule is CCCNc1nc(C)cc(NCC(C)(C)C)n1. The number of aryl methyl sites for hydroxylation is 1. The van der Waals surface area contributed by atoms with Crippen molar-refractivity contribution in [2.24, 2.45) is 5.41 Å². The molecular formula is C13H24N4. The monoisotopic (exact) mass is 236 g/mol. The molecule has 0 aliphatic carbocycles. The molecule has 4 nitrogen and oxygen atoms in total. The minimum Gasteiger partial charge on any atom is -0.369 e. The smallest absolute Gasteiger partial charge is 0.224 e. The third-order valence-electron chi connectivity index (χ3n) is 2.19. The van der Waals surface area contributed by atoms with Crippen LogP contribution in [0.15, 0.2) is 6.07 Å². The largest absolute Gasteiger partial charge is 0.369 e. The van der Waals surface area contributed by atoms with Crippen LogP contribution in [0.1, 0.15) is 39.8 Å². The fraction of sp³-hybridized carbons (Fsp3) is 0.692. The third-order valence-corrected chi connectivity index (χ3v) is 2.19. The number of anilines is 2. The normalized spacial score (nSPS) is 11.4. The van der Waals surface area contributed by atoms with Gasteiger partial charge in [0.2, 0.25) is 5.95 Å². The Morgan fingerprint density at radius 1 is 1.18 bits per heavy atom. The highest BCUT2D eigenvalue weighted by Crippen LogP contribution is 2.15. The highest BCUT2D eigenvalue weighted by atomic mass is 15.1. The molecule has 1 heterocycles. The van der Waals surface area contributed by atoms with Crippen LogP contribution in [0.4, 0.5) is 11.8 Å². The topological polar surface area (TPSA) is 49.8 Å². The maximum atomic E-state index is 4.44. The van der Waals surface area contributed by atoms with Gasteiger partial charge in [-0.25, -0.2) is 4.98 Å². The van der Waals surface area contributed by atoms with Gasteiger partial charge in [-0.1, -0.05) is 27.7 Å². The zero-order valence-corrected chi connectivity index (χ0v) is 11.6. The van der Waals surface area contributed by atoms with Crippen LogP contribution in [0.2, 0.25) is 0 Å². The number of aromatic nitrogens is 2. The lowest BCUT2D eigenvalue weighted by Gasteiger charge is -2.19. The van der Waals surface area contributed by atoms with E-state index in [1.54, 1.807) is 0 Å². The van der Waals surface area contributed by atoms with E-state index in [1.807, 2.05) is 13.0 Å². The molecule has 0 aliphatic heterocycles. The summed E-state index contributed by atoms with van der Waals surface area (Å²) in [6, 6.07) is 1.98. The summed E-state index contributed by atoms with van der Waals surface area (Å²) in [6.07, 6.45) is 1.07. The fourth-order valence-electron chi connectivity index (χ4n) is 1.33. The molecule has 0 bridgehead atoms. The molecule has 0 spiro atoms. The van der Waals surface area contributed by atoms with E-state index in [4.69, 9.17) is 0 Å². The summed E-state index contributed by atoms with van der Waals surface area (Å²) in [5, 5.41) is 6.56. The van der Waals surface area contributed by atoms with Gasteiger partial charge >= 0.3 is 0 Å². The van der Waals surface area contributed by atoms with Crippen molar-refractivity contribution in [3.05, 3.63) is 11.8 Å². The molecule has 0 saturated heterocycles. The molecule has 4 heteroatoms. The number of rotatable bonds is 5. The minimum atomic E-state index is 0.246. The average molecular weight is 236 g/mol. The molecule has 0 aliphatic rings. The molecule has 1 rings (SSSR count). The van der Waals surface area contributed by atoms with Crippen LogP contribution in [0.25, 0.3) is 0 Å². The van der Waals surface area contributed by atoms with Crippen molar-refractivity contribution >= 4 is 11.8 Å². The Kier molecular flexibility index (Phi) is 4.73. The van der Waals surface area contributed by atoms with Crippen molar-refractivity contribution in [3.63, 3.8) is 0 Å². The molecule has 0 saturated carbocycles. The van der Waals surface area contributed by atoms with Gasteiger partial charge in [0, 0.05) is 24.8 Å². The Morgan fingerprint density at radius 3 is 2.47 bits per heavy atom. The molecule has 1 aromatic heterocycles. The zero-order chi connectivity index (χ0) is 12.9. The first-order valence-electron chi connectivity index (χ1n) is 6.24. The van der Waals surface area contributed by atoms with Crippen LogP contribution in [0.3, 0.4) is 0 Å². The van der Waals surface area contributed by atoms with Gasteiger partial charge in [0.25, 0.3) is 0 Å². The highest BCUT2D eigenvalue weighted by Gasteiger charge is 2.10. The summed E-state index contributed by atoms with van der Waals surface area (Å²) in [4.78, 5) is 8.79. The van der Waals surface area contributed by atoms with Gasteiger partial charge in [-0.3, -0.25) is 0 Å². The van der Waals surface area contributed by atoms with Crippen molar-refractivity contribution in [1.29, 1.82) is 0 Å². The van der Waals surface area contributed by atoms with Crippen molar-refractivity contribution in [1.82, 2.24) is 9.97 Å². The van der Waals surface area contributed by atoms with Crippen LogP contribution >= 0.6 is 0 Å². The van der Waals surface area contributed by atoms with Crippen molar-refractivity contribution in [3.8, 4) is 0 Å². The molecule has 0 unspecified atom stereocenters. The van der Waals surface area contributed by atoms with E-state index in [9.17, 15) is 0 Å². The highest BCUT2D eigenvalue weighted by molar-refractivity contribution is 5.42. The van der Waals surface area contributed by atoms with Gasteiger partial charge in [0.15, 0.2) is 0 Å².